The molecule has 2 unspecified atom stereocenters. The molecule has 0 bridgehead atoms. The first kappa shape index (κ1) is 26.1. The van der Waals surface area contributed by atoms with Gasteiger partial charge in [-0.05, 0) is 49.3 Å². The van der Waals surface area contributed by atoms with E-state index < -0.39 is 6.23 Å². The first-order valence-corrected chi connectivity index (χ1v) is 12.4. The summed E-state index contributed by atoms with van der Waals surface area (Å²) in [4.78, 5) is 26.5. The van der Waals surface area contributed by atoms with Gasteiger partial charge in [0.1, 0.15) is 0 Å². The van der Waals surface area contributed by atoms with E-state index in [1.54, 1.807) is 11.8 Å². The van der Waals surface area contributed by atoms with E-state index >= 15 is 0 Å². The van der Waals surface area contributed by atoms with Gasteiger partial charge in [-0.1, -0.05) is 37.3 Å². The summed E-state index contributed by atoms with van der Waals surface area (Å²) in [6.07, 6.45) is 13.5. The first-order valence-electron chi connectivity index (χ1n) is 11.0. The van der Waals surface area contributed by atoms with Crippen molar-refractivity contribution in [1.29, 1.82) is 0 Å². The summed E-state index contributed by atoms with van der Waals surface area (Å²) in [6.45, 7) is 3.49. The molecule has 0 saturated heterocycles. The van der Waals surface area contributed by atoms with Crippen molar-refractivity contribution in [1.82, 2.24) is 5.32 Å². The van der Waals surface area contributed by atoms with Crippen LogP contribution in [-0.2, 0) is 20.9 Å². The lowest BCUT2D eigenvalue weighted by atomic mass is 9.98. The molecule has 1 aromatic rings. The topological polar surface area (TPSA) is 92.2 Å². The zero-order valence-corrected chi connectivity index (χ0v) is 19.8. The summed E-state index contributed by atoms with van der Waals surface area (Å²) in [5.41, 5.74) is 5.84. The van der Waals surface area contributed by atoms with Crippen LogP contribution in [0, 0.1) is 5.92 Å². The van der Waals surface area contributed by atoms with Crippen LogP contribution in [0.5, 0.6) is 0 Å². The SMILES string of the molecule is CSCCC(=O)NC(Cc1ccc(NOCCCN=C2/C=C\CC=CCC2C)cc1)OO. The normalized spacial score (nSPS) is 19.2. The molecule has 0 aromatic heterocycles. The van der Waals surface area contributed by atoms with Gasteiger partial charge < -0.3 is 5.32 Å². The van der Waals surface area contributed by atoms with Gasteiger partial charge in [-0.2, -0.15) is 11.8 Å². The van der Waals surface area contributed by atoms with Crippen molar-refractivity contribution in [3.05, 3.63) is 54.1 Å². The maximum Gasteiger partial charge on any atom is 0.222 e. The molecule has 0 fully saturated rings. The van der Waals surface area contributed by atoms with E-state index in [-0.39, 0.29) is 5.91 Å². The van der Waals surface area contributed by atoms with Gasteiger partial charge in [-0.15, -0.1) is 0 Å². The Bertz CT molecular complexity index is 765. The molecule has 0 heterocycles. The van der Waals surface area contributed by atoms with E-state index in [4.69, 9.17) is 15.1 Å². The van der Waals surface area contributed by atoms with Crippen molar-refractivity contribution >= 4 is 29.1 Å². The molecule has 0 aliphatic heterocycles. The number of thioether (sulfide) groups is 1. The molecule has 8 heteroatoms. The van der Waals surface area contributed by atoms with Crippen molar-refractivity contribution in [2.24, 2.45) is 10.9 Å². The Morgan fingerprint density at radius 2 is 2.09 bits per heavy atom. The van der Waals surface area contributed by atoms with Gasteiger partial charge in [0.2, 0.25) is 5.91 Å². The maximum absolute atomic E-state index is 11.8. The number of carbonyl (C=O) groups excluding carboxylic acids is 1. The third-order valence-corrected chi connectivity index (χ3v) is 5.58. The van der Waals surface area contributed by atoms with Gasteiger partial charge in [-0.25, -0.2) is 10.1 Å². The minimum absolute atomic E-state index is 0.146. The lowest BCUT2D eigenvalue weighted by molar-refractivity contribution is -0.284. The van der Waals surface area contributed by atoms with Crippen LogP contribution in [-0.4, -0.2) is 48.3 Å². The quantitative estimate of drug-likeness (QED) is 0.130. The zero-order valence-electron chi connectivity index (χ0n) is 19.0. The standard InChI is InChI=1S/C24H35N3O4S/c1-19-8-5-3-4-6-9-22(19)25-15-7-16-30-27-21-12-10-20(11-13-21)18-24(31-29)26-23(28)14-17-32-2/h3,5-6,9-13,19,24,27,29H,4,7-8,14-18H2,1-2H3,(H,26,28)/b5-3?,9-6-,25-22?. The molecular formula is C24H35N3O4S. The van der Waals surface area contributed by atoms with Crippen molar-refractivity contribution in [2.75, 3.05) is 30.6 Å². The summed E-state index contributed by atoms with van der Waals surface area (Å²) < 4.78 is 0. The lowest BCUT2D eigenvalue weighted by Crippen LogP contribution is -2.38. The minimum atomic E-state index is -0.771. The Balaban J connectivity index is 1.67. The number of rotatable bonds is 13. The first-order chi connectivity index (χ1) is 15.6. The number of carbonyl (C=O) groups is 1. The van der Waals surface area contributed by atoms with E-state index in [1.165, 1.54) is 0 Å². The lowest BCUT2D eigenvalue weighted by Gasteiger charge is -2.15. The largest absolute Gasteiger partial charge is 0.328 e. The Labute approximate surface area is 195 Å². The predicted octanol–water partition coefficient (Wildman–Crippen LogP) is 4.63. The van der Waals surface area contributed by atoms with Crippen LogP contribution in [0.2, 0.25) is 0 Å². The summed E-state index contributed by atoms with van der Waals surface area (Å²) in [7, 11) is 0. The molecule has 1 aliphatic carbocycles. The molecule has 7 nitrogen and oxygen atoms in total. The molecule has 32 heavy (non-hydrogen) atoms. The molecule has 0 spiro atoms. The molecular weight excluding hydrogens is 426 g/mol. The van der Waals surface area contributed by atoms with E-state index in [0.29, 0.717) is 25.4 Å². The van der Waals surface area contributed by atoms with Crippen molar-refractivity contribution < 1.29 is 19.8 Å². The molecule has 0 radical (unpaired) electrons. The number of aliphatic imine (C=N–C) groups is 1. The highest BCUT2D eigenvalue weighted by Gasteiger charge is 2.13. The van der Waals surface area contributed by atoms with E-state index in [0.717, 1.165) is 48.5 Å². The number of anilines is 1. The second-order valence-corrected chi connectivity index (χ2v) is 8.65. The zero-order chi connectivity index (χ0) is 23.0. The summed E-state index contributed by atoms with van der Waals surface area (Å²) in [5, 5.41) is 11.7. The highest BCUT2D eigenvalue weighted by Crippen LogP contribution is 2.13. The van der Waals surface area contributed by atoms with Crippen LogP contribution < -0.4 is 10.8 Å². The molecule has 3 N–H and O–H groups in total. The van der Waals surface area contributed by atoms with Gasteiger partial charge in [0, 0.05) is 36.8 Å². The molecule has 0 saturated carbocycles. The van der Waals surface area contributed by atoms with E-state index in [2.05, 4.69) is 46.9 Å². The molecule has 176 valence electrons. The fourth-order valence-electron chi connectivity index (χ4n) is 3.12. The number of hydrogen-bond donors (Lipinski definition) is 3. The molecule has 2 atom stereocenters. The third kappa shape index (κ3) is 10.5. The highest BCUT2D eigenvalue weighted by molar-refractivity contribution is 7.98. The Morgan fingerprint density at radius 1 is 1.28 bits per heavy atom. The number of hydrogen-bond acceptors (Lipinski definition) is 7. The maximum atomic E-state index is 11.8. The van der Waals surface area contributed by atoms with Crippen LogP contribution >= 0.6 is 11.8 Å². The average Bonchev–Trinajstić information content (AvgIpc) is 2.79. The number of amides is 1. The number of nitrogens with zero attached hydrogens (tertiary/aromatic N) is 1. The van der Waals surface area contributed by atoms with Crippen LogP contribution in [0.3, 0.4) is 0 Å². The Hall–Kier alpha value is -2.13. The smallest absolute Gasteiger partial charge is 0.222 e. The fraction of sp³-hybridized carbons (Fsp3) is 0.500. The molecule has 2 rings (SSSR count). The molecule has 1 aromatic carbocycles. The van der Waals surface area contributed by atoms with E-state index in [9.17, 15) is 4.79 Å². The summed E-state index contributed by atoms with van der Waals surface area (Å²) in [6, 6.07) is 7.56. The van der Waals surface area contributed by atoms with Gasteiger partial charge in [0.25, 0.3) is 0 Å². The van der Waals surface area contributed by atoms with Crippen LogP contribution in [0.4, 0.5) is 5.69 Å². The van der Waals surface area contributed by atoms with Gasteiger partial charge >= 0.3 is 0 Å². The number of benzene rings is 1. The van der Waals surface area contributed by atoms with Crippen molar-refractivity contribution in [3.63, 3.8) is 0 Å². The second kappa shape index (κ2) is 15.6. The number of nitrogens with one attached hydrogen (secondary N) is 2. The summed E-state index contributed by atoms with van der Waals surface area (Å²) >= 11 is 1.59. The monoisotopic (exact) mass is 461 g/mol. The van der Waals surface area contributed by atoms with Crippen molar-refractivity contribution in [2.45, 2.75) is 45.3 Å². The van der Waals surface area contributed by atoms with Gasteiger partial charge in [0.15, 0.2) is 6.23 Å². The van der Waals surface area contributed by atoms with Gasteiger partial charge in [-0.3, -0.25) is 20.1 Å². The molecule has 1 amide bonds. The summed E-state index contributed by atoms with van der Waals surface area (Å²) in [5.74, 6) is 1.03. The van der Waals surface area contributed by atoms with Crippen LogP contribution in [0.15, 0.2) is 53.6 Å². The average molecular weight is 462 g/mol. The van der Waals surface area contributed by atoms with Gasteiger partial charge in [0.05, 0.1) is 12.3 Å². The predicted molar refractivity (Wildman–Crippen MR) is 132 cm³/mol. The molecule has 1 aliphatic rings. The van der Waals surface area contributed by atoms with E-state index in [1.807, 2.05) is 30.5 Å². The second-order valence-electron chi connectivity index (χ2n) is 7.66. The Morgan fingerprint density at radius 3 is 2.84 bits per heavy atom. The fourth-order valence-corrected chi connectivity index (χ4v) is 3.51. The van der Waals surface area contributed by atoms with Crippen LogP contribution in [0.25, 0.3) is 0 Å². The highest BCUT2D eigenvalue weighted by atomic mass is 32.2. The minimum Gasteiger partial charge on any atom is -0.328 e. The number of allylic oxidation sites excluding steroid dienone is 4. The van der Waals surface area contributed by atoms with Crippen LogP contribution in [0.1, 0.15) is 38.2 Å². The third-order valence-electron chi connectivity index (χ3n) is 4.97. The van der Waals surface area contributed by atoms with Crippen molar-refractivity contribution in [3.8, 4) is 0 Å². The Kier molecular flexibility index (Phi) is 12.8.